The molecule has 0 atom stereocenters. The quantitative estimate of drug-likeness (QED) is 0.901. The van der Waals surface area contributed by atoms with Gasteiger partial charge in [-0.3, -0.25) is 13.9 Å². The molecule has 2 rings (SSSR count). The van der Waals surface area contributed by atoms with E-state index in [2.05, 4.69) is 10.3 Å². The number of hydrogen-bond acceptors (Lipinski definition) is 4. The molecule has 0 bridgehead atoms. The maximum atomic E-state index is 12.3. The molecule has 2 aromatic rings. The molecule has 0 spiro atoms. The van der Waals surface area contributed by atoms with E-state index in [0.717, 1.165) is 4.57 Å². The van der Waals surface area contributed by atoms with E-state index in [1.807, 2.05) is 0 Å². The Bertz CT molecular complexity index is 808. The highest BCUT2D eigenvalue weighted by Crippen LogP contribution is 2.15. The molecule has 0 saturated carbocycles. The molecule has 0 radical (unpaired) electrons. The first-order valence-electron chi connectivity index (χ1n) is 6.04. The predicted molar refractivity (Wildman–Crippen MR) is 79.4 cm³/mol. The van der Waals surface area contributed by atoms with Crippen LogP contribution in [-0.4, -0.2) is 25.7 Å². The van der Waals surface area contributed by atoms with Gasteiger partial charge in [0.05, 0.1) is 0 Å². The van der Waals surface area contributed by atoms with Crippen molar-refractivity contribution in [1.29, 1.82) is 0 Å². The van der Waals surface area contributed by atoms with Crippen molar-refractivity contribution in [3.05, 3.63) is 31.9 Å². The van der Waals surface area contributed by atoms with E-state index >= 15 is 0 Å². The lowest BCUT2D eigenvalue weighted by atomic mass is 10.4. The van der Waals surface area contributed by atoms with Gasteiger partial charge in [-0.1, -0.05) is 17.7 Å². The molecule has 0 aliphatic carbocycles. The molecule has 2 aromatic heterocycles. The lowest BCUT2D eigenvalue weighted by Gasteiger charge is -2.06. The zero-order chi connectivity index (χ0) is 15.0. The van der Waals surface area contributed by atoms with E-state index in [0.29, 0.717) is 28.7 Å². The van der Waals surface area contributed by atoms with Gasteiger partial charge < -0.3 is 9.88 Å². The van der Waals surface area contributed by atoms with Gasteiger partial charge in [-0.25, -0.2) is 4.79 Å². The van der Waals surface area contributed by atoms with Crippen LogP contribution < -0.4 is 16.6 Å². The number of aryl methyl sites for hydroxylation is 1. The van der Waals surface area contributed by atoms with Crippen molar-refractivity contribution >= 4 is 28.7 Å². The van der Waals surface area contributed by atoms with Crippen LogP contribution in [0, 0.1) is 0 Å². The molecule has 8 heteroatoms. The van der Waals surface area contributed by atoms with Crippen molar-refractivity contribution < 1.29 is 0 Å². The summed E-state index contributed by atoms with van der Waals surface area (Å²) in [4.78, 5) is 28.5. The number of allylic oxidation sites excluding steroid dienone is 2. The number of nitrogens with zero attached hydrogens (tertiary/aromatic N) is 4. The van der Waals surface area contributed by atoms with Gasteiger partial charge >= 0.3 is 5.69 Å². The number of anilines is 1. The van der Waals surface area contributed by atoms with E-state index in [-0.39, 0.29) is 5.56 Å². The molecule has 7 nitrogen and oxygen atoms in total. The molecule has 0 amide bonds. The van der Waals surface area contributed by atoms with Crippen LogP contribution in [0.15, 0.2) is 20.7 Å². The smallest absolute Gasteiger partial charge is 0.332 e. The van der Waals surface area contributed by atoms with Crippen LogP contribution in [0.5, 0.6) is 0 Å². The summed E-state index contributed by atoms with van der Waals surface area (Å²) in [6.07, 6.45) is 1.77. The maximum absolute atomic E-state index is 12.3. The SMILES string of the molecule is CNc1nc2c(c(=O)n(C)c(=O)n2C)n1CC=C(C)Cl. The Morgan fingerprint density at radius 2 is 2.00 bits per heavy atom. The Balaban J connectivity index is 2.89. The van der Waals surface area contributed by atoms with Crippen molar-refractivity contribution in [2.45, 2.75) is 13.5 Å². The fourth-order valence-electron chi connectivity index (χ4n) is 2.03. The summed E-state index contributed by atoms with van der Waals surface area (Å²) >= 11 is 5.84. The summed E-state index contributed by atoms with van der Waals surface area (Å²) in [6, 6.07) is 0. The Morgan fingerprint density at radius 3 is 2.55 bits per heavy atom. The molecular weight excluding hydrogens is 282 g/mol. The Kier molecular flexibility index (Phi) is 3.71. The molecule has 0 aliphatic rings. The number of imidazole rings is 1. The van der Waals surface area contributed by atoms with E-state index in [1.54, 1.807) is 31.7 Å². The number of halogens is 1. The molecule has 0 aliphatic heterocycles. The second kappa shape index (κ2) is 5.16. The number of rotatable bonds is 3. The van der Waals surface area contributed by atoms with Crippen molar-refractivity contribution in [1.82, 2.24) is 18.7 Å². The zero-order valence-electron chi connectivity index (χ0n) is 11.8. The van der Waals surface area contributed by atoms with Gasteiger partial charge in [0.2, 0.25) is 5.95 Å². The third-order valence-corrected chi connectivity index (χ3v) is 3.28. The summed E-state index contributed by atoms with van der Waals surface area (Å²) in [5, 5.41) is 3.54. The normalized spacial score (nSPS) is 12.2. The van der Waals surface area contributed by atoms with Crippen LogP contribution in [0.3, 0.4) is 0 Å². The van der Waals surface area contributed by atoms with Crippen LogP contribution in [0.1, 0.15) is 6.92 Å². The molecule has 0 saturated heterocycles. The standard InChI is InChI=1S/C12H16ClN5O2/c1-7(13)5-6-18-8-9(15-11(18)14-2)16(3)12(20)17(4)10(8)19/h5H,6H2,1-4H3,(H,14,15). The summed E-state index contributed by atoms with van der Waals surface area (Å²) in [7, 11) is 4.74. The summed E-state index contributed by atoms with van der Waals surface area (Å²) in [5.41, 5.74) is -0.0622. The first kappa shape index (κ1) is 14.4. The Labute approximate surface area is 120 Å². The third-order valence-electron chi connectivity index (χ3n) is 3.13. The number of hydrogen-bond donors (Lipinski definition) is 1. The molecule has 2 heterocycles. The molecular formula is C12H16ClN5O2. The van der Waals surface area contributed by atoms with Gasteiger partial charge in [-0.2, -0.15) is 4.98 Å². The van der Waals surface area contributed by atoms with Crippen LogP contribution >= 0.6 is 11.6 Å². The molecule has 0 fully saturated rings. The summed E-state index contributed by atoms with van der Waals surface area (Å²) in [5.74, 6) is 0.507. The van der Waals surface area contributed by atoms with Crippen molar-refractivity contribution in [3.8, 4) is 0 Å². The van der Waals surface area contributed by atoms with Crippen LogP contribution in [0.4, 0.5) is 5.95 Å². The second-order valence-electron chi connectivity index (χ2n) is 4.46. The van der Waals surface area contributed by atoms with E-state index in [1.165, 1.54) is 11.6 Å². The molecule has 108 valence electrons. The van der Waals surface area contributed by atoms with Gasteiger partial charge in [0.25, 0.3) is 5.56 Å². The Morgan fingerprint density at radius 1 is 1.35 bits per heavy atom. The fourth-order valence-corrected chi connectivity index (χ4v) is 2.10. The first-order valence-corrected chi connectivity index (χ1v) is 6.42. The molecule has 20 heavy (non-hydrogen) atoms. The molecule has 0 unspecified atom stereocenters. The highest BCUT2D eigenvalue weighted by Gasteiger charge is 2.17. The average Bonchev–Trinajstić information content (AvgIpc) is 2.79. The van der Waals surface area contributed by atoms with Crippen LogP contribution in [0.2, 0.25) is 0 Å². The summed E-state index contributed by atoms with van der Waals surface area (Å²) in [6.45, 7) is 2.16. The predicted octanol–water partition coefficient (Wildman–Crippen LogP) is 0.618. The fraction of sp³-hybridized carbons (Fsp3) is 0.417. The largest absolute Gasteiger partial charge is 0.359 e. The monoisotopic (exact) mass is 297 g/mol. The second-order valence-corrected chi connectivity index (χ2v) is 5.06. The lowest BCUT2D eigenvalue weighted by Crippen LogP contribution is -2.37. The minimum atomic E-state index is -0.404. The zero-order valence-corrected chi connectivity index (χ0v) is 12.5. The minimum Gasteiger partial charge on any atom is -0.359 e. The van der Waals surface area contributed by atoms with Crippen LogP contribution in [-0.2, 0) is 20.6 Å². The van der Waals surface area contributed by atoms with E-state index < -0.39 is 5.69 Å². The third kappa shape index (κ3) is 2.14. The summed E-state index contributed by atoms with van der Waals surface area (Å²) < 4.78 is 4.12. The highest BCUT2D eigenvalue weighted by molar-refractivity contribution is 6.29. The van der Waals surface area contributed by atoms with E-state index in [4.69, 9.17) is 11.6 Å². The van der Waals surface area contributed by atoms with Gasteiger partial charge in [0.1, 0.15) is 0 Å². The maximum Gasteiger partial charge on any atom is 0.332 e. The van der Waals surface area contributed by atoms with Gasteiger partial charge in [0, 0.05) is 32.7 Å². The van der Waals surface area contributed by atoms with Gasteiger partial charge in [0.15, 0.2) is 11.2 Å². The van der Waals surface area contributed by atoms with Gasteiger partial charge in [-0.15, -0.1) is 0 Å². The lowest BCUT2D eigenvalue weighted by molar-refractivity contribution is 0.703. The highest BCUT2D eigenvalue weighted by atomic mass is 35.5. The average molecular weight is 298 g/mol. The molecule has 1 N–H and O–H groups in total. The first-order chi connectivity index (χ1) is 9.38. The van der Waals surface area contributed by atoms with Crippen molar-refractivity contribution in [2.75, 3.05) is 12.4 Å². The van der Waals surface area contributed by atoms with Crippen LogP contribution in [0.25, 0.3) is 11.2 Å². The number of fused-ring (bicyclic) bond motifs is 1. The van der Waals surface area contributed by atoms with Crippen molar-refractivity contribution in [3.63, 3.8) is 0 Å². The van der Waals surface area contributed by atoms with Crippen molar-refractivity contribution in [2.24, 2.45) is 14.1 Å². The number of aromatic nitrogens is 4. The Hall–Kier alpha value is -2.02. The minimum absolute atomic E-state index is 0.350. The van der Waals surface area contributed by atoms with Gasteiger partial charge in [-0.05, 0) is 6.92 Å². The topological polar surface area (TPSA) is 73.8 Å². The van der Waals surface area contributed by atoms with E-state index in [9.17, 15) is 9.59 Å². The number of nitrogens with one attached hydrogen (secondary N) is 1. The molecule has 0 aromatic carbocycles.